The first-order valence-electron chi connectivity index (χ1n) is 4.93. The molecule has 0 aliphatic rings. The molecule has 0 amide bonds. The molecule has 0 heterocycles. The Morgan fingerprint density at radius 1 is 1.47 bits per heavy atom. The van der Waals surface area contributed by atoms with Gasteiger partial charge < -0.3 is 10.5 Å². The van der Waals surface area contributed by atoms with Crippen LogP contribution in [0.25, 0.3) is 0 Å². The number of sulfone groups is 1. The summed E-state index contributed by atoms with van der Waals surface area (Å²) in [7, 11) is -3.08. The molecule has 0 fully saturated rings. The van der Waals surface area contributed by atoms with Gasteiger partial charge >= 0.3 is 0 Å². The number of hydrogen-bond acceptors (Lipinski definition) is 4. The molecule has 0 unspecified atom stereocenters. The van der Waals surface area contributed by atoms with E-state index in [1.165, 1.54) is 6.07 Å². The maximum atomic E-state index is 12.9. The first-order valence-corrected chi connectivity index (χ1v) is 7.55. The largest absolute Gasteiger partial charge is 0.489 e. The molecule has 0 aromatic heterocycles. The van der Waals surface area contributed by atoms with Crippen molar-refractivity contribution in [1.29, 1.82) is 0 Å². The van der Waals surface area contributed by atoms with Gasteiger partial charge in [0.2, 0.25) is 0 Å². The quantitative estimate of drug-likeness (QED) is 0.840. The second-order valence-electron chi connectivity index (χ2n) is 3.39. The van der Waals surface area contributed by atoms with Crippen LogP contribution >= 0.6 is 15.9 Å². The smallest absolute Gasteiger partial charge is 0.156 e. The van der Waals surface area contributed by atoms with Gasteiger partial charge in [0.15, 0.2) is 15.6 Å². The van der Waals surface area contributed by atoms with Gasteiger partial charge in [-0.15, -0.1) is 0 Å². The predicted molar refractivity (Wildman–Crippen MR) is 68.3 cm³/mol. The molecular weight excluding hydrogens is 313 g/mol. The average molecular weight is 326 g/mol. The Morgan fingerprint density at radius 3 is 2.65 bits per heavy atom. The lowest BCUT2D eigenvalue weighted by atomic mass is 10.3. The Bertz CT molecular complexity index is 481. The van der Waals surface area contributed by atoms with E-state index >= 15 is 0 Å². The van der Waals surface area contributed by atoms with Crippen LogP contribution in [0.5, 0.6) is 5.75 Å². The summed E-state index contributed by atoms with van der Waals surface area (Å²) in [6.07, 6.45) is 0. The highest BCUT2D eigenvalue weighted by molar-refractivity contribution is 9.10. The van der Waals surface area contributed by atoms with Crippen molar-refractivity contribution in [3.05, 3.63) is 22.4 Å². The molecule has 1 aromatic rings. The highest BCUT2D eigenvalue weighted by atomic mass is 79.9. The first-order chi connectivity index (χ1) is 7.85. The minimum absolute atomic E-state index is 0.00932. The molecule has 1 rings (SSSR count). The maximum absolute atomic E-state index is 12.9. The van der Waals surface area contributed by atoms with E-state index in [0.717, 1.165) is 6.07 Å². The molecule has 0 radical (unpaired) electrons. The topological polar surface area (TPSA) is 69.4 Å². The minimum Gasteiger partial charge on any atom is -0.489 e. The normalized spacial score (nSPS) is 11.5. The summed E-state index contributed by atoms with van der Waals surface area (Å²) in [5.41, 5.74) is 5.69. The molecular formula is C10H13BrFNO3S. The molecule has 17 heavy (non-hydrogen) atoms. The molecule has 0 aliphatic carbocycles. The first kappa shape index (κ1) is 14.2. The van der Waals surface area contributed by atoms with Gasteiger partial charge in [-0.3, -0.25) is 0 Å². The number of hydrogen-bond donors (Lipinski definition) is 1. The molecule has 4 nitrogen and oxygen atoms in total. The monoisotopic (exact) mass is 325 g/mol. The molecule has 0 spiro atoms. The van der Waals surface area contributed by atoms with Crippen LogP contribution in [-0.4, -0.2) is 26.5 Å². The summed E-state index contributed by atoms with van der Waals surface area (Å²) in [5.74, 6) is -0.246. The predicted octanol–water partition coefficient (Wildman–Crippen LogP) is 1.98. The third-order valence-corrected chi connectivity index (χ3v) is 4.38. The average Bonchev–Trinajstić information content (AvgIpc) is 2.22. The van der Waals surface area contributed by atoms with E-state index in [0.29, 0.717) is 4.47 Å². The number of anilines is 1. The zero-order valence-electron chi connectivity index (χ0n) is 9.24. The van der Waals surface area contributed by atoms with Crippen LogP contribution in [0.4, 0.5) is 10.1 Å². The molecule has 0 atom stereocenters. The molecule has 1 aromatic carbocycles. The third kappa shape index (κ3) is 4.16. The van der Waals surface area contributed by atoms with Gasteiger partial charge in [0.1, 0.15) is 12.4 Å². The summed E-state index contributed by atoms with van der Waals surface area (Å²) < 4.78 is 41.0. The van der Waals surface area contributed by atoms with Gasteiger partial charge in [-0.1, -0.05) is 6.92 Å². The number of ether oxygens (including phenoxy) is 1. The van der Waals surface area contributed by atoms with Crippen molar-refractivity contribution in [2.24, 2.45) is 0 Å². The Hall–Kier alpha value is -0.820. The van der Waals surface area contributed by atoms with Crippen LogP contribution in [0.1, 0.15) is 6.92 Å². The van der Waals surface area contributed by atoms with Gasteiger partial charge in [-0.05, 0) is 22.0 Å². The Morgan fingerprint density at radius 2 is 2.12 bits per heavy atom. The summed E-state index contributed by atoms with van der Waals surface area (Å²) in [6, 6.07) is 2.33. The molecule has 96 valence electrons. The van der Waals surface area contributed by atoms with Gasteiger partial charge in [0, 0.05) is 11.8 Å². The van der Waals surface area contributed by atoms with Crippen LogP contribution in [0.3, 0.4) is 0 Å². The summed E-state index contributed by atoms with van der Waals surface area (Å²) >= 11 is 3.10. The summed E-state index contributed by atoms with van der Waals surface area (Å²) in [4.78, 5) is 0. The number of halogens is 2. The minimum atomic E-state index is -3.08. The number of nitrogens with two attached hydrogens (primary N) is 1. The van der Waals surface area contributed by atoms with E-state index in [1.807, 2.05) is 0 Å². The van der Waals surface area contributed by atoms with Crippen molar-refractivity contribution in [2.75, 3.05) is 23.8 Å². The summed E-state index contributed by atoms with van der Waals surface area (Å²) in [5, 5.41) is 0. The number of rotatable bonds is 5. The van der Waals surface area contributed by atoms with Crippen LogP contribution in [0.2, 0.25) is 0 Å². The zero-order valence-corrected chi connectivity index (χ0v) is 11.6. The second-order valence-corrected chi connectivity index (χ2v) is 6.72. The van der Waals surface area contributed by atoms with E-state index in [-0.39, 0.29) is 29.5 Å². The van der Waals surface area contributed by atoms with Crippen LogP contribution < -0.4 is 10.5 Å². The van der Waals surface area contributed by atoms with Gasteiger partial charge in [-0.2, -0.15) is 0 Å². The zero-order chi connectivity index (χ0) is 13.1. The highest BCUT2D eigenvalue weighted by Gasteiger charge is 2.11. The van der Waals surface area contributed by atoms with Gasteiger partial charge in [0.25, 0.3) is 0 Å². The van der Waals surface area contributed by atoms with E-state index in [9.17, 15) is 12.8 Å². The Labute approximate surface area is 108 Å². The molecule has 0 aliphatic heterocycles. The van der Waals surface area contributed by atoms with Gasteiger partial charge in [-0.25, -0.2) is 12.8 Å². The molecule has 0 saturated heterocycles. The Kier molecular flexibility index (Phi) is 4.76. The lowest BCUT2D eigenvalue weighted by Crippen LogP contribution is -2.16. The van der Waals surface area contributed by atoms with Crippen molar-refractivity contribution in [1.82, 2.24) is 0 Å². The van der Waals surface area contributed by atoms with Crippen LogP contribution in [0, 0.1) is 5.82 Å². The summed E-state index contributed by atoms with van der Waals surface area (Å²) in [6.45, 7) is 1.56. The molecule has 0 saturated carbocycles. The third-order valence-electron chi connectivity index (χ3n) is 2.12. The Balaban J connectivity index is 2.71. The van der Waals surface area contributed by atoms with Crippen LogP contribution in [-0.2, 0) is 9.84 Å². The van der Waals surface area contributed by atoms with Crippen molar-refractivity contribution >= 4 is 31.5 Å². The molecule has 2 N–H and O–H groups in total. The van der Waals surface area contributed by atoms with Crippen molar-refractivity contribution in [3.8, 4) is 5.75 Å². The molecule has 7 heteroatoms. The lowest BCUT2D eigenvalue weighted by Gasteiger charge is -2.10. The number of nitrogen functional groups attached to an aromatic ring is 1. The maximum Gasteiger partial charge on any atom is 0.156 e. The van der Waals surface area contributed by atoms with Crippen LogP contribution in [0.15, 0.2) is 16.6 Å². The SMILES string of the molecule is CCS(=O)(=O)CCOc1c(N)cc(F)cc1Br. The lowest BCUT2D eigenvalue weighted by molar-refractivity contribution is 0.340. The van der Waals surface area contributed by atoms with E-state index < -0.39 is 15.7 Å². The van der Waals surface area contributed by atoms with Gasteiger partial charge in [0.05, 0.1) is 15.9 Å². The second kappa shape index (κ2) is 5.68. The fourth-order valence-corrected chi connectivity index (χ4v) is 2.34. The highest BCUT2D eigenvalue weighted by Crippen LogP contribution is 2.32. The van der Waals surface area contributed by atoms with Crippen molar-refractivity contribution in [3.63, 3.8) is 0 Å². The fraction of sp³-hybridized carbons (Fsp3) is 0.400. The van der Waals surface area contributed by atoms with Crippen molar-refractivity contribution < 1.29 is 17.5 Å². The molecule has 0 bridgehead atoms. The van der Waals surface area contributed by atoms with E-state index in [4.69, 9.17) is 10.5 Å². The fourth-order valence-electron chi connectivity index (χ4n) is 1.15. The van der Waals surface area contributed by atoms with Crippen molar-refractivity contribution in [2.45, 2.75) is 6.92 Å². The van der Waals surface area contributed by atoms with E-state index in [1.54, 1.807) is 6.92 Å². The van der Waals surface area contributed by atoms with E-state index in [2.05, 4.69) is 15.9 Å². The number of benzene rings is 1. The standard InChI is InChI=1S/C10H13BrFNO3S/c1-2-17(14,15)4-3-16-10-8(11)5-7(12)6-9(10)13/h5-6H,2-4,13H2,1H3.